The first-order valence-electron chi connectivity index (χ1n) is 5.42. The van der Waals surface area contributed by atoms with Gasteiger partial charge in [0.1, 0.15) is 6.04 Å². The van der Waals surface area contributed by atoms with Crippen molar-refractivity contribution >= 4 is 17.7 Å². The molecule has 1 aromatic carbocycles. The van der Waals surface area contributed by atoms with Gasteiger partial charge >= 0.3 is 5.97 Å². The zero-order chi connectivity index (χ0) is 14.6. The van der Waals surface area contributed by atoms with Crippen LogP contribution in [0.4, 0.5) is 0 Å². The van der Waals surface area contributed by atoms with Crippen molar-refractivity contribution in [1.82, 2.24) is 0 Å². The van der Waals surface area contributed by atoms with E-state index in [9.17, 15) is 20.1 Å². The summed E-state index contributed by atoms with van der Waals surface area (Å²) in [6, 6.07) is 1.53. The van der Waals surface area contributed by atoms with E-state index in [2.05, 4.69) is 0 Å². The van der Waals surface area contributed by atoms with E-state index in [1.54, 1.807) is 0 Å². The van der Waals surface area contributed by atoms with Crippen LogP contribution in [0.3, 0.4) is 0 Å². The van der Waals surface area contributed by atoms with E-state index < -0.39 is 23.9 Å². The number of aliphatic hydroxyl groups excluding tert-OH is 1. The van der Waals surface area contributed by atoms with Crippen LogP contribution in [0.15, 0.2) is 17.0 Å². The largest absolute Gasteiger partial charge is 0.504 e. The van der Waals surface area contributed by atoms with Crippen LogP contribution in [0.25, 0.3) is 0 Å². The maximum absolute atomic E-state index is 10.6. The molecule has 0 radical (unpaired) electrons. The second kappa shape index (κ2) is 6.62. The van der Waals surface area contributed by atoms with Crippen molar-refractivity contribution in [2.75, 3.05) is 12.3 Å². The second-order valence-electron chi connectivity index (χ2n) is 3.86. The topological polar surface area (TPSA) is 150 Å². The van der Waals surface area contributed by atoms with Gasteiger partial charge in [0.05, 0.1) is 11.0 Å². The number of thioether (sulfide) groups is 1. The van der Waals surface area contributed by atoms with Crippen molar-refractivity contribution in [3.05, 3.63) is 17.7 Å². The van der Waals surface area contributed by atoms with Crippen LogP contribution in [-0.2, 0) is 4.79 Å². The van der Waals surface area contributed by atoms with Crippen LogP contribution >= 0.6 is 11.8 Å². The van der Waals surface area contributed by atoms with Gasteiger partial charge in [-0.2, -0.15) is 0 Å². The molecule has 0 aliphatic rings. The number of hydrogen-bond acceptors (Lipinski definition) is 7. The minimum absolute atomic E-state index is 0.0172. The van der Waals surface area contributed by atoms with E-state index in [1.807, 2.05) is 0 Å². The second-order valence-corrected chi connectivity index (χ2v) is 4.89. The van der Waals surface area contributed by atoms with E-state index in [4.69, 9.17) is 16.6 Å². The molecule has 1 aromatic rings. The molecule has 0 heterocycles. The number of carboxylic acid groups (broad SMARTS) is 1. The third-order valence-electron chi connectivity index (χ3n) is 2.45. The molecule has 2 atom stereocenters. The summed E-state index contributed by atoms with van der Waals surface area (Å²) in [4.78, 5) is 10.8. The number of aromatic hydroxyl groups is 2. The Morgan fingerprint density at radius 2 is 2.00 bits per heavy atom. The standard InChI is InChI=1S/C11H16N2O5S/c12-3-8(15)5-1-2-7(14)9(16)10(5)19-4-6(13)11(17)18/h1-2,6,8,14-16H,3-4,12-13H2,(H,17,18)/t6-,8-/m0/s1. The molecule has 0 amide bonds. The minimum atomic E-state index is -1.17. The molecule has 0 aromatic heterocycles. The number of carbonyl (C=O) groups is 1. The summed E-state index contributed by atoms with van der Waals surface area (Å²) in [5.74, 6) is -1.98. The van der Waals surface area contributed by atoms with Gasteiger partial charge in [-0.15, -0.1) is 11.8 Å². The molecule has 8 N–H and O–H groups in total. The normalized spacial score (nSPS) is 14.1. The van der Waals surface area contributed by atoms with Crippen molar-refractivity contribution in [2.45, 2.75) is 17.0 Å². The summed E-state index contributed by atoms with van der Waals surface area (Å²) in [5, 5.41) is 37.6. The molecular weight excluding hydrogens is 272 g/mol. The van der Waals surface area contributed by atoms with Gasteiger partial charge < -0.3 is 31.9 Å². The first-order chi connectivity index (χ1) is 8.88. The Morgan fingerprint density at radius 3 is 2.53 bits per heavy atom. The molecule has 0 saturated carbocycles. The van der Waals surface area contributed by atoms with Gasteiger partial charge in [-0.25, -0.2) is 0 Å². The number of aliphatic carboxylic acids is 1. The number of aliphatic hydroxyl groups is 1. The molecule has 0 fully saturated rings. The zero-order valence-corrected chi connectivity index (χ0v) is 10.8. The van der Waals surface area contributed by atoms with E-state index in [1.165, 1.54) is 12.1 Å². The molecule has 106 valence electrons. The van der Waals surface area contributed by atoms with Crippen LogP contribution in [-0.4, -0.2) is 44.7 Å². The van der Waals surface area contributed by atoms with E-state index in [0.717, 1.165) is 11.8 Å². The molecule has 8 heteroatoms. The van der Waals surface area contributed by atoms with Gasteiger partial charge in [-0.3, -0.25) is 4.79 Å². The maximum Gasteiger partial charge on any atom is 0.321 e. The highest BCUT2D eigenvalue weighted by molar-refractivity contribution is 7.99. The minimum Gasteiger partial charge on any atom is -0.504 e. The van der Waals surface area contributed by atoms with Crippen LogP contribution < -0.4 is 11.5 Å². The van der Waals surface area contributed by atoms with Gasteiger partial charge in [0, 0.05) is 12.3 Å². The average Bonchev–Trinajstić information content (AvgIpc) is 2.38. The Kier molecular flexibility index (Phi) is 5.43. The summed E-state index contributed by atoms with van der Waals surface area (Å²) in [6.07, 6.45) is -1.02. The highest BCUT2D eigenvalue weighted by Crippen LogP contribution is 2.40. The molecule has 0 bridgehead atoms. The van der Waals surface area contributed by atoms with E-state index >= 15 is 0 Å². The monoisotopic (exact) mass is 288 g/mol. The van der Waals surface area contributed by atoms with Gasteiger partial charge in [0.15, 0.2) is 11.5 Å². The van der Waals surface area contributed by atoms with Gasteiger partial charge in [0.2, 0.25) is 0 Å². The fourth-order valence-electron chi connectivity index (χ4n) is 1.36. The number of nitrogens with two attached hydrogens (primary N) is 2. The summed E-state index contributed by atoms with van der Waals surface area (Å²) in [5.41, 5.74) is 11.0. The third-order valence-corrected chi connectivity index (χ3v) is 3.69. The first-order valence-corrected chi connectivity index (χ1v) is 6.41. The van der Waals surface area contributed by atoms with Crippen molar-refractivity contribution in [1.29, 1.82) is 0 Å². The molecule has 0 aliphatic carbocycles. The quantitative estimate of drug-likeness (QED) is 0.305. The van der Waals surface area contributed by atoms with Gasteiger partial charge in [-0.1, -0.05) is 6.07 Å². The number of rotatable bonds is 6. The van der Waals surface area contributed by atoms with Crippen LogP contribution in [0.2, 0.25) is 0 Å². The smallest absolute Gasteiger partial charge is 0.321 e. The highest BCUT2D eigenvalue weighted by atomic mass is 32.2. The third kappa shape index (κ3) is 3.74. The lowest BCUT2D eigenvalue weighted by Gasteiger charge is -2.16. The average molecular weight is 288 g/mol. The van der Waals surface area contributed by atoms with Gasteiger partial charge in [-0.05, 0) is 11.6 Å². The molecule has 0 saturated heterocycles. The SMILES string of the molecule is NC[C@H](O)c1ccc(O)c(O)c1SC[C@H](N)C(=O)O. The molecule has 0 aliphatic heterocycles. The molecule has 0 spiro atoms. The summed E-state index contributed by atoms with van der Waals surface area (Å²) < 4.78 is 0. The zero-order valence-electron chi connectivity index (χ0n) is 9.98. The summed E-state index contributed by atoms with van der Waals surface area (Å²) >= 11 is 0.937. The van der Waals surface area contributed by atoms with Gasteiger partial charge in [0.25, 0.3) is 0 Å². The lowest BCUT2D eigenvalue weighted by molar-refractivity contribution is -0.137. The maximum atomic E-state index is 10.6. The van der Waals surface area contributed by atoms with Crippen molar-refractivity contribution in [3.8, 4) is 11.5 Å². The van der Waals surface area contributed by atoms with Crippen molar-refractivity contribution < 1.29 is 25.2 Å². The molecule has 0 unspecified atom stereocenters. The molecular formula is C11H16N2O5S. The number of phenolic OH excluding ortho intramolecular Hbond substituents is 2. The first kappa shape index (κ1) is 15.6. The Balaban J connectivity index is 3.02. The predicted molar refractivity (Wildman–Crippen MR) is 70.1 cm³/mol. The number of hydrogen-bond donors (Lipinski definition) is 6. The highest BCUT2D eigenvalue weighted by Gasteiger charge is 2.20. The molecule has 7 nitrogen and oxygen atoms in total. The lowest BCUT2D eigenvalue weighted by Crippen LogP contribution is -2.32. The Labute approximate surface area is 113 Å². The number of benzene rings is 1. The summed E-state index contributed by atoms with van der Waals surface area (Å²) in [6.45, 7) is -0.0667. The molecule has 19 heavy (non-hydrogen) atoms. The van der Waals surface area contributed by atoms with Crippen molar-refractivity contribution in [2.24, 2.45) is 11.5 Å². The Hall–Kier alpha value is -1.48. The predicted octanol–water partition coefficient (Wildman–Crippen LogP) is -0.406. The van der Waals surface area contributed by atoms with E-state index in [-0.39, 0.29) is 22.9 Å². The van der Waals surface area contributed by atoms with E-state index in [0.29, 0.717) is 5.56 Å². The van der Waals surface area contributed by atoms with Crippen molar-refractivity contribution in [3.63, 3.8) is 0 Å². The van der Waals surface area contributed by atoms with Crippen LogP contribution in [0, 0.1) is 0 Å². The lowest BCUT2D eigenvalue weighted by atomic mass is 10.1. The molecule has 1 rings (SSSR count). The number of carboxylic acids is 1. The summed E-state index contributed by atoms with van der Waals surface area (Å²) in [7, 11) is 0. The Bertz CT molecular complexity index is 469. The number of phenols is 2. The fourth-order valence-corrected chi connectivity index (χ4v) is 2.46. The van der Waals surface area contributed by atoms with Crippen LogP contribution in [0.1, 0.15) is 11.7 Å². The Morgan fingerprint density at radius 1 is 1.37 bits per heavy atom. The van der Waals surface area contributed by atoms with Crippen LogP contribution in [0.5, 0.6) is 11.5 Å². The fraction of sp³-hybridized carbons (Fsp3) is 0.364.